The van der Waals surface area contributed by atoms with Gasteiger partial charge in [-0.1, -0.05) is 12.1 Å². The van der Waals surface area contributed by atoms with Gasteiger partial charge in [-0.15, -0.1) is 11.3 Å². The summed E-state index contributed by atoms with van der Waals surface area (Å²) in [4.78, 5) is 16.5. The normalized spacial score (nSPS) is 17.9. The van der Waals surface area contributed by atoms with Gasteiger partial charge in [0.2, 0.25) is 5.91 Å². The highest BCUT2D eigenvalue weighted by molar-refractivity contribution is 7.09. The maximum Gasteiger partial charge on any atom is 0.225 e. The lowest BCUT2D eigenvalue weighted by atomic mass is 10.1. The maximum absolute atomic E-state index is 12.1. The van der Waals surface area contributed by atoms with Crippen LogP contribution >= 0.6 is 11.3 Å². The van der Waals surface area contributed by atoms with Crippen molar-refractivity contribution in [3.05, 3.63) is 34.7 Å². The standard InChI is InChI=1S/C16H19N3OS/c1-11-18-15(10-21-11)12-4-2-5-14(8-12)19-16(20)9-13-6-3-7-17-13/h2,4-5,8,10,13,17H,3,6-7,9H2,1H3,(H,19,20). The van der Waals surface area contributed by atoms with Crippen LogP contribution in [0.15, 0.2) is 29.6 Å². The highest BCUT2D eigenvalue weighted by Crippen LogP contribution is 2.24. The molecule has 1 atom stereocenters. The van der Waals surface area contributed by atoms with Gasteiger partial charge in [-0.25, -0.2) is 4.98 Å². The molecule has 3 rings (SSSR count). The van der Waals surface area contributed by atoms with E-state index in [0.29, 0.717) is 12.5 Å². The van der Waals surface area contributed by atoms with Crippen LogP contribution in [0.5, 0.6) is 0 Å². The van der Waals surface area contributed by atoms with Crippen LogP contribution in [0, 0.1) is 6.92 Å². The van der Waals surface area contributed by atoms with E-state index in [1.54, 1.807) is 11.3 Å². The van der Waals surface area contributed by atoms with E-state index < -0.39 is 0 Å². The summed E-state index contributed by atoms with van der Waals surface area (Å²) < 4.78 is 0. The van der Waals surface area contributed by atoms with Gasteiger partial charge >= 0.3 is 0 Å². The van der Waals surface area contributed by atoms with Gasteiger partial charge in [0.05, 0.1) is 10.7 Å². The number of hydrogen-bond acceptors (Lipinski definition) is 4. The molecule has 0 radical (unpaired) electrons. The summed E-state index contributed by atoms with van der Waals surface area (Å²) >= 11 is 1.63. The van der Waals surface area contributed by atoms with Crippen molar-refractivity contribution in [1.82, 2.24) is 10.3 Å². The Balaban J connectivity index is 1.66. The summed E-state index contributed by atoms with van der Waals surface area (Å²) in [6.45, 7) is 3.02. The molecular formula is C16H19N3OS. The van der Waals surface area contributed by atoms with Crippen molar-refractivity contribution in [2.24, 2.45) is 0 Å². The van der Waals surface area contributed by atoms with Crippen LogP contribution in [0.2, 0.25) is 0 Å². The number of nitrogens with one attached hydrogen (secondary N) is 2. The Morgan fingerprint density at radius 1 is 1.52 bits per heavy atom. The Bertz CT molecular complexity index is 632. The highest BCUT2D eigenvalue weighted by Gasteiger charge is 2.17. The highest BCUT2D eigenvalue weighted by atomic mass is 32.1. The minimum absolute atomic E-state index is 0.0704. The quantitative estimate of drug-likeness (QED) is 0.912. The van der Waals surface area contributed by atoms with E-state index in [-0.39, 0.29) is 5.91 Å². The Labute approximate surface area is 128 Å². The first kappa shape index (κ1) is 14.2. The first-order valence-electron chi connectivity index (χ1n) is 7.26. The number of carbonyl (C=O) groups excluding carboxylic acids is 1. The molecule has 1 fully saturated rings. The molecule has 1 aromatic carbocycles. The lowest BCUT2D eigenvalue weighted by Gasteiger charge is -2.11. The van der Waals surface area contributed by atoms with E-state index >= 15 is 0 Å². The number of amides is 1. The van der Waals surface area contributed by atoms with Gasteiger partial charge in [0.25, 0.3) is 0 Å². The molecule has 2 aromatic rings. The van der Waals surface area contributed by atoms with Crippen molar-refractivity contribution in [3.63, 3.8) is 0 Å². The summed E-state index contributed by atoms with van der Waals surface area (Å²) in [6, 6.07) is 8.20. The van der Waals surface area contributed by atoms with Gasteiger partial charge in [-0.2, -0.15) is 0 Å². The van der Waals surface area contributed by atoms with Crippen molar-refractivity contribution in [3.8, 4) is 11.3 Å². The van der Waals surface area contributed by atoms with E-state index in [4.69, 9.17) is 0 Å². The van der Waals surface area contributed by atoms with Crippen LogP contribution in [0.4, 0.5) is 5.69 Å². The molecular weight excluding hydrogens is 282 g/mol. The van der Waals surface area contributed by atoms with Crippen LogP contribution in [-0.2, 0) is 4.79 Å². The second-order valence-electron chi connectivity index (χ2n) is 5.38. The van der Waals surface area contributed by atoms with Gasteiger partial charge in [0.1, 0.15) is 0 Å². The van der Waals surface area contributed by atoms with Gasteiger partial charge in [0.15, 0.2) is 0 Å². The van der Waals surface area contributed by atoms with Crippen LogP contribution < -0.4 is 10.6 Å². The summed E-state index contributed by atoms with van der Waals surface area (Å²) in [5.74, 6) is 0.0704. The van der Waals surface area contributed by atoms with Crippen molar-refractivity contribution < 1.29 is 4.79 Å². The first-order chi connectivity index (χ1) is 10.2. The molecule has 2 N–H and O–H groups in total. The van der Waals surface area contributed by atoms with E-state index in [0.717, 1.165) is 41.3 Å². The minimum Gasteiger partial charge on any atom is -0.326 e. The Morgan fingerprint density at radius 3 is 3.14 bits per heavy atom. The maximum atomic E-state index is 12.1. The van der Waals surface area contributed by atoms with E-state index in [2.05, 4.69) is 15.6 Å². The number of anilines is 1. The van der Waals surface area contributed by atoms with Crippen LogP contribution in [0.3, 0.4) is 0 Å². The van der Waals surface area contributed by atoms with E-state index in [1.165, 1.54) is 0 Å². The van der Waals surface area contributed by atoms with Gasteiger partial charge in [-0.3, -0.25) is 4.79 Å². The van der Waals surface area contributed by atoms with Crippen molar-refractivity contribution in [1.29, 1.82) is 0 Å². The van der Waals surface area contributed by atoms with E-state index in [9.17, 15) is 4.79 Å². The molecule has 4 nitrogen and oxygen atoms in total. The summed E-state index contributed by atoms with van der Waals surface area (Å²) in [5, 5.41) is 9.41. The monoisotopic (exact) mass is 301 g/mol. The van der Waals surface area contributed by atoms with Crippen LogP contribution in [0.25, 0.3) is 11.3 Å². The number of hydrogen-bond donors (Lipinski definition) is 2. The Hall–Kier alpha value is -1.72. The van der Waals surface area contributed by atoms with Crippen LogP contribution in [-0.4, -0.2) is 23.5 Å². The molecule has 0 saturated carbocycles. The SMILES string of the molecule is Cc1nc(-c2cccc(NC(=O)CC3CCCN3)c2)cs1. The van der Waals surface area contributed by atoms with Gasteiger partial charge in [0, 0.05) is 29.1 Å². The lowest BCUT2D eigenvalue weighted by molar-refractivity contribution is -0.116. The summed E-state index contributed by atoms with van der Waals surface area (Å²) in [6.07, 6.45) is 2.79. The summed E-state index contributed by atoms with van der Waals surface area (Å²) in [7, 11) is 0. The van der Waals surface area contributed by atoms with Gasteiger partial charge in [-0.05, 0) is 38.4 Å². The van der Waals surface area contributed by atoms with Crippen molar-refractivity contribution >= 4 is 22.9 Å². The average molecular weight is 301 g/mol. The lowest BCUT2D eigenvalue weighted by Crippen LogP contribution is -2.27. The molecule has 0 spiro atoms. The molecule has 1 aromatic heterocycles. The fourth-order valence-electron chi connectivity index (χ4n) is 2.62. The smallest absolute Gasteiger partial charge is 0.225 e. The second-order valence-corrected chi connectivity index (χ2v) is 6.44. The number of thiazole rings is 1. The third-order valence-electron chi connectivity index (χ3n) is 3.66. The molecule has 1 amide bonds. The van der Waals surface area contributed by atoms with E-state index in [1.807, 2.05) is 36.6 Å². The molecule has 0 aliphatic carbocycles. The second kappa shape index (κ2) is 6.37. The third kappa shape index (κ3) is 3.68. The predicted molar refractivity (Wildman–Crippen MR) is 86.6 cm³/mol. The predicted octanol–water partition coefficient (Wildman–Crippen LogP) is 3.20. The fraction of sp³-hybridized carbons (Fsp3) is 0.375. The van der Waals surface area contributed by atoms with Crippen LogP contribution in [0.1, 0.15) is 24.3 Å². The Morgan fingerprint density at radius 2 is 2.43 bits per heavy atom. The average Bonchev–Trinajstić information content (AvgIpc) is 3.10. The number of aromatic nitrogens is 1. The zero-order chi connectivity index (χ0) is 14.7. The topological polar surface area (TPSA) is 54.0 Å². The molecule has 0 bridgehead atoms. The number of nitrogens with zero attached hydrogens (tertiary/aromatic N) is 1. The number of rotatable bonds is 4. The largest absolute Gasteiger partial charge is 0.326 e. The van der Waals surface area contributed by atoms with Gasteiger partial charge < -0.3 is 10.6 Å². The molecule has 1 aliphatic rings. The molecule has 1 unspecified atom stereocenters. The molecule has 2 heterocycles. The molecule has 5 heteroatoms. The molecule has 1 aliphatic heterocycles. The number of aryl methyl sites for hydroxylation is 1. The van der Waals surface area contributed by atoms with Crippen molar-refractivity contribution in [2.75, 3.05) is 11.9 Å². The molecule has 1 saturated heterocycles. The van der Waals surface area contributed by atoms with Crippen molar-refractivity contribution in [2.45, 2.75) is 32.2 Å². The third-order valence-corrected chi connectivity index (χ3v) is 4.43. The minimum atomic E-state index is 0.0704. The summed E-state index contributed by atoms with van der Waals surface area (Å²) in [5.41, 5.74) is 2.84. The molecule has 21 heavy (non-hydrogen) atoms. The zero-order valence-corrected chi connectivity index (χ0v) is 12.9. The number of carbonyl (C=O) groups is 1. The molecule has 110 valence electrons. The first-order valence-corrected chi connectivity index (χ1v) is 8.14. The fourth-order valence-corrected chi connectivity index (χ4v) is 3.24. The zero-order valence-electron chi connectivity index (χ0n) is 12.1. The number of benzene rings is 1. The Kier molecular flexibility index (Phi) is 4.31.